The summed E-state index contributed by atoms with van der Waals surface area (Å²) >= 11 is 0. The third kappa shape index (κ3) is 4.22. The first-order valence-electron chi connectivity index (χ1n) is 5.37. The molecule has 0 spiro atoms. The average Bonchev–Trinajstić information content (AvgIpc) is 2.33. The van der Waals surface area contributed by atoms with Crippen molar-refractivity contribution in [2.45, 2.75) is 20.8 Å². The van der Waals surface area contributed by atoms with Crippen molar-refractivity contribution in [3.8, 4) is 11.5 Å². The van der Waals surface area contributed by atoms with E-state index in [1.807, 2.05) is 13.8 Å². The number of anilines is 2. The number of hydrogen-bond donors (Lipinski definition) is 2. The molecule has 0 aromatic heterocycles. The number of ether oxygens (including phenoxy) is 2. The van der Waals surface area contributed by atoms with Crippen molar-refractivity contribution in [2.24, 2.45) is 0 Å². The lowest BCUT2D eigenvalue weighted by atomic mass is 10.2. The predicted molar refractivity (Wildman–Crippen MR) is 69.6 cm³/mol. The van der Waals surface area contributed by atoms with Crippen molar-refractivity contribution >= 4 is 17.3 Å². The zero-order chi connectivity index (χ0) is 13.4. The van der Waals surface area contributed by atoms with Crippen molar-refractivity contribution in [3.63, 3.8) is 0 Å². The molecule has 0 aliphatic rings. The maximum Gasteiger partial charge on any atom is 0.221 e. The van der Waals surface area contributed by atoms with Crippen LogP contribution in [0.1, 0.15) is 20.8 Å². The van der Waals surface area contributed by atoms with Crippen LogP contribution in [0.15, 0.2) is 12.1 Å². The number of benzene rings is 1. The number of hydrogen-bond acceptors (Lipinski definition) is 4. The molecule has 96 valence electrons. The summed E-state index contributed by atoms with van der Waals surface area (Å²) in [5.74, 6) is 0.869. The first-order chi connectivity index (χ1) is 8.08. The lowest BCUT2D eigenvalue weighted by Crippen LogP contribution is -2.08. The van der Waals surface area contributed by atoms with Crippen molar-refractivity contribution in [2.75, 3.05) is 25.3 Å². The van der Waals surface area contributed by atoms with Gasteiger partial charge in [0.2, 0.25) is 5.91 Å². The summed E-state index contributed by atoms with van der Waals surface area (Å²) in [4.78, 5) is 10.9. The highest BCUT2D eigenvalue weighted by Gasteiger charge is 2.09. The number of nitrogens with one attached hydrogen (secondary N) is 1. The zero-order valence-corrected chi connectivity index (χ0v) is 11.0. The summed E-state index contributed by atoms with van der Waals surface area (Å²) in [6.07, 6.45) is 0. The van der Waals surface area contributed by atoms with Crippen LogP contribution < -0.4 is 20.5 Å². The van der Waals surface area contributed by atoms with Gasteiger partial charge in [0.1, 0.15) is 0 Å². The number of carbonyl (C=O) groups is 1. The van der Waals surface area contributed by atoms with Crippen LogP contribution in [0.2, 0.25) is 0 Å². The number of amides is 1. The SMILES string of the molecule is CC.COc1cc(N)c(NC(C)=O)cc1OC. The fourth-order valence-electron chi connectivity index (χ4n) is 1.19. The molecule has 1 aromatic carbocycles. The molecule has 0 radical (unpaired) electrons. The smallest absolute Gasteiger partial charge is 0.221 e. The number of methoxy groups -OCH3 is 2. The predicted octanol–water partition coefficient (Wildman–Crippen LogP) is 2.27. The van der Waals surface area contributed by atoms with Crippen molar-refractivity contribution in [1.82, 2.24) is 0 Å². The first kappa shape index (κ1) is 15.1. The van der Waals surface area contributed by atoms with Gasteiger partial charge >= 0.3 is 0 Å². The third-order valence-electron chi connectivity index (χ3n) is 1.87. The monoisotopic (exact) mass is 240 g/mol. The van der Waals surface area contributed by atoms with Gasteiger partial charge in [-0.25, -0.2) is 0 Å². The zero-order valence-electron chi connectivity index (χ0n) is 11.0. The maximum absolute atomic E-state index is 10.9. The fraction of sp³-hybridized carbons (Fsp3) is 0.417. The van der Waals surface area contributed by atoms with Gasteiger partial charge in [0.25, 0.3) is 0 Å². The lowest BCUT2D eigenvalue weighted by molar-refractivity contribution is -0.114. The number of carbonyl (C=O) groups excluding carboxylic acids is 1. The van der Waals surface area contributed by atoms with E-state index in [9.17, 15) is 4.79 Å². The van der Waals surface area contributed by atoms with Gasteiger partial charge in [-0.05, 0) is 0 Å². The minimum absolute atomic E-state index is 0.186. The molecule has 0 unspecified atom stereocenters. The molecule has 0 saturated heterocycles. The van der Waals surface area contributed by atoms with Crippen LogP contribution in [-0.4, -0.2) is 20.1 Å². The van der Waals surface area contributed by atoms with Gasteiger partial charge in [-0.1, -0.05) is 13.8 Å². The van der Waals surface area contributed by atoms with Crippen molar-refractivity contribution < 1.29 is 14.3 Å². The van der Waals surface area contributed by atoms with Gasteiger partial charge in [-0.15, -0.1) is 0 Å². The minimum atomic E-state index is -0.186. The third-order valence-corrected chi connectivity index (χ3v) is 1.87. The lowest BCUT2D eigenvalue weighted by Gasteiger charge is -2.12. The summed E-state index contributed by atoms with van der Waals surface area (Å²) in [6.45, 7) is 5.41. The molecular formula is C12H20N2O3. The van der Waals surface area contributed by atoms with E-state index in [2.05, 4.69) is 5.32 Å². The van der Waals surface area contributed by atoms with E-state index < -0.39 is 0 Å². The van der Waals surface area contributed by atoms with Crippen LogP contribution in [0.4, 0.5) is 11.4 Å². The molecule has 0 aliphatic carbocycles. The molecule has 17 heavy (non-hydrogen) atoms. The Bertz CT molecular complexity index is 378. The Morgan fingerprint density at radius 2 is 1.65 bits per heavy atom. The van der Waals surface area contributed by atoms with Gasteiger partial charge in [-0.3, -0.25) is 4.79 Å². The Hall–Kier alpha value is -1.91. The van der Waals surface area contributed by atoms with E-state index in [0.717, 1.165) is 0 Å². The average molecular weight is 240 g/mol. The second-order valence-electron chi connectivity index (χ2n) is 2.98. The van der Waals surface area contributed by atoms with E-state index in [4.69, 9.17) is 15.2 Å². The van der Waals surface area contributed by atoms with Gasteiger partial charge < -0.3 is 20.5 Å². The molecule has 1 rings (SSSR count). The molecule has 1 amide bonds. The summed E-state index contributed by atoms with van der Waals surface area (Å²) < 4.78 is 10.1. The number of nitrogens with two attached hydrogens (primary N) is 1. The molecule has 0 saturated carbocycles. The molecule has 0 atom stereocenters. The molecule has 0 fully saturated rings. The van der Waals surface area contributed by atoms with Crippen molar-refractivity contribution in [1.29, 1.82) is 0 Å². The van der Waals surface area contributed by atoms with Gasteiger partial charge in [0, 0.05) is 19.1 Å². The topological polar surface area (TPSA) is 73.6 Å². The van der Waals surface area contributed by atoms with E-state index in [-0.39, 0.29) is 5.91 Å². The molecule has 5 heteroatoms. The first-order valence-corrected chi connectivity index (χ1v) is 5.37. The number of nitrogen functional groups attached to an aromatic ring is 1. The summed E-state index contributed by atoms with van der Waals surface area (Å²) in [5, 5.41) is 2.60. The molecule has 0 heterocycles. The number of rotatable bonds is 3. The van der Waals surface area contributed by atoms with Crippen LogP contribution in [0.3, 0.4) is 0 Å². The molecule has 5 nitrogen and oxygen atoms in total. The van der Waals surface area contributed by atoms with Crippen LogP contribution >= 0.6 is 0 Å². The largest absolute Gasteiger partial charge is 0.493 e. The van der Waals surface area contributed by atoms with Gasteiger partial charge in [-0.2, -0.15) is 0 Å². The Morgan fingerprint density at radius 3 is 2.06 bits per heavy atom. The van der Waals surface area contributed by atoms with Crippen LogP contribution in [-0.2, 0) is 4.79 Å². The van der Waals surface area contributed by atoms with E-state index in [1.54, 1.807) is 12.1 Å². The summed E-state index contributed by atoms with van der Waals surface area (Å²) in [7, 11) is 3.04. The van der Waals surface area contributed by atoms with E-state index in [1.165, 1.54) is 21.1 Å². The van der Waals surface area contributed by atoms with E-state index in [0.29, 0.717) is 22.9 Å². The highest BCUT2D eigenvalue weighted by molar-refractivity contribution is 5.93. The molecule has 3 N–H and O–H groups in total. The van der Waals surface area contributed by atoms with Crippen LogP contribution in [0.25, 0.3) is 0 Å². The second-order valence-corrected chi connectivity index (χ2v) is 2.98. The molecule has 1 aromatic rings. The normalized spacial score (nSPS) is 8.76. The highest BCUT2D eigenvalue weighted by atomic mass is 16.5. The van der Waals surface area contributed by atoms with Crippen LogP contribution in [0, 0.1) is 0 Å². The maximum atomic E-state index is 10.9. The molecule has 0 bridgehead atoms. The minimum Gasteiger partial charge on any atom is -0.493 e. The Labute approximate surface area is 102 Å². The van der Waals surface area contributed by atoms with Gasteiger partial charge in [0.15, 0.2) is 11.5 Å². The summed E-state index contributed by atoms with van der Waals surface area (Å²) in [5.41, 5.74) is 6.67. The van der Waals surface area contributed by atoms with Gasteiger partial charge in [0.05, 0.1) is 25.6 Å². The van der Waals surface area contributed by atoms with E-state index >= 15 is 0 Å². The Morgan fingerprint density at radius 1 is 1.18 bits per heavy atom. The van der Waals surface area contributed by atoms with Crippen LogP contribution in [0.5, 0.6) is 11.5 Å². The summed E-state index contributed by atoms with van der Waals surface area (Å²) in [6, 6.07) is 3.22. The highest BCUT2D eigenvalue weighted by Crippen LogP contribution is 2.34. The second kappa shape index (κ2) is 7.38. The Balaban J connectivity index is 0.00000121. The fourth-order valence-corrected chi connectivity index (χ4v) is 1.19. The standard InChI is InChI=1S/C10H14N2O3.C2H6/c1-6(13)12-8-5-10(15-3)9(14-2)4-7(8)11;1-2/h4-5H,11H2,1-3H3,(H,12,13);1-2H3. The Kier molecular flexibility index (Phi) is 6.55. The quantitative estimate of drug-likeness (QED) is 0.795. The molecule has 0 aliphatic heterocycles. The molecular weight excluding hydrogens is 220 g/mol. The van der Waals surface area contributed by atoms with Crippen molar-refractivity contribution in [3.05, 3.63) is 12.1 Å².